The smallest absolute Gasteiger partial charge is 0.191 e. The monoisotopic (exact) mass is 359 g/mol. The molecule has 7 heteroatoms. The van der Waals surface area contributed by atoms with Gasteiger partial charge in [-0.2, -0.15) is 0 Å². The molecule has 2 aromatic rings. The molecule has 0 aliphatic carbocycles. The van der Waals surface area contributed by atoms with Gasteiger partial charge in [0.05, 0.1) is 17.9 Å². The van der Waals surface area contributed by atoms with Gasteiger partial charge >= 0.3 is 0 Å². The number of aryl methyl sites for hydroxylation is 1. The number of anilines is 1. The fourth-order valence-corrected chi connectivity index (χ4v) is 3.49. The second-order valence-corrected chi connectivity index (χ2v) is 7.23. The van der Waals surface area contributed by atoms with Crippen LogP contribution in [0.25, 0.3) is 0 Å². The number of nitrogens with zero attached hydrogens (tertiary/aromatic N) is 3. The minimum Gasteiger partial charge on any atom is -0.372 e. The summed E-state index contributed by atoms with van der Waals surface area (Å²) in [5.74, 6) is 5.25. The van der Waals surface area contributed by atoms with E-state index in [2.05, 4.69) is 22.0 Å². The van der Waals surface area contributed by atoms with Crippen molar-refractivity contribution in [3.63, 3.8) is 0 Å². The summed E-state index contributed by atoms with van der Waals surface area (Å²) >= 11 is 1.37. The lowest BCUT2D eigenvalue weighted by molar-refractivity contribution is -0.00543. The third-order valence-corrected chi connectivity index (χ3v) is 4.55. The molecule has 25 heavy (non-hydrogen) atoms. The zero-order valence-electron chi connectivity index (χ0n) is 14.2. The number of morpholine rings is 1. The van der Waals surface area contributed by atoms with E-state index in [1.807, 2.05) is 25.7 Å². The standard InChI is InChI=1S/C18H18FN3O2S/c1-11-8-22(9-12(2)24-11)18-15(10-23)6-14(7-16(18)19)4-5-17-21-20-13(3)25-17/h6-7,10-12H,8-9H2,1-3H3/t11-,12+. The average Bonchev–Trinajstić information content (AvgIpc) is 2.96. The Bertz CT molecular complexity index is 846. The van der Waals surface area contributed by atoms with E-state index < -0.39 is 5.82 Å². The van der Waals surface area contributed by atoms with Gasteiger partial charge in [0.25, 0.3) is 0 Å². The second kappa shape index (κ2) is 7.30. The van der Waals surface area contributed by atoms with Crippen molar-refractivity contribution in [2.24, 2.45) is 0 Å². The molecular formula is C18H18FN3O2S. The molecule has 0 amide bonds. The molecule has 2 atom stereocenters. The van der Waals surface area contributed by atoms with Crippen molar-refractivity contribution in [1.82, 2.24) is 10.2 Å². The Kier molecular flexibility index (Phi) is 5.11. The molecule has 1 aliphatic heterocycles. The third-order valence-electron chi connectivity index (χ3n) is 3.80. The molecule has 0 bridgehead atoms. The Morgan fingerprint density at radius 2 is 2.00 bits per heavy atom. The van der Waals surface area contributed by atoms with E-state index in [-0.39, 0.29) is 12.2 Å². The van der Waals surface area contributed by atoms with Crippen LogP contribution < -0.4 is 4.90 Å². The molecule has 1 aromatic carbocycles. The molecule has 0 N–H and O–H groups in total. The first-order chi connectivity index (χ1) is 12.0. The van der Waals surface area contributed by atoms with Crippen LogP contribution in [0.3, 0.4) is 0 Å². The Morgan fingerprint density at radius 1 is 1.28 bits per heavy atom. The van der Waals surface area contributed by atoms with E-state index in [9.17, 15) is 9.18 Å². The molecule has 1 saturated heterocycles. The first-order valence-electron chi connectivity index (χ1n) is 7.97. The van der Waals surface area contributed by atoms with Crippen molar-refractivity contribution < 1.29 is 13.9 Å². The van der Waals surface area contributed by atoms with Crippen LogP contribution in [0, 0.1) is 24.6 Å². The molecular weight excluding hydrogens is 341 g/mol. The number of hydrogen-bond donors (Lipinski definition) is 0. The highest BCUT2D eigenvalue weighted by Crippen LogP contribution is 2.28. The van der Waals surface area contributed by atoms with Crippen LogP contribution in [0.15, 0.2) is 12.1 Å². The van der Waals surface area contributed by atoms with Crippen LogP contribution >= 0.6 is 11.3 Å². The van der Waals surface area contributed by atoms with Crippen LogP contribution in [0.4, 0.5) is 10.1 Å². The number of halogens is 1. The van der Waals surface area contributed by atoms with Crippen molar-refractivity contribution in [3.05, 3.63) is 39.1 Å². The Labute approximate surface area is 149 Å². The topological polar surface area (TPSA) is 55.3 Å². The van der Waals surface area contributed by atoms with Crippen molar-refractivity contribution >= 4 is 23.3 Å². The molecule has 1 fully saturated rings. The summed E-state index contributed by atoms with van der Waals surface area (Å²) in [5, 5.41) is 9.18. The highest BCUT2D eigenvalue weighted by atomic mass is 32.1. The Hall–Kier alpha value is -2.30. The number of rotatable bonds is 2. The largest absolute Gasteiger partial charge is 0.372 e. The summed E-state index contributed by atoms with van der Waals surface area (Å²) in [6.07, 6.45) is 0.620. The van der Waals surface area contributed by atoms with Crippen molar-refractivity contribution in [2.45, 2.75) is 33.0 Å². The highest BCUT2D eigenvalue weighted by Gasteiger charge is 2.26. The average molecular weight is 359 g/mol. The number of benzene rings is 1. The molecule has 0 spiro atoms. The summed E-state index contributed by atoms with van der Waals surface area (Å²) < 4.78 is 20.4. The summed E-state index contributed by atoms with van der Waals surface area (Å²) in [6.45, 7) is 6.79. The maximum Gasteiger partial charge on any atom is 0.191 e. The quantitative estimate of drug-likeness (QED) is 0.610. The number of carbonyl (C=O) groups excluding carboxylic acids is 1. The van der Waals surface area contributed by atoms with E-state index in [4.69, 9.17) is 4.74 Å². The SMILES string of the molecule is Cc1nnc(C#Cc2cc(F)c(N3C[C@@H](C)O[C@@H](C)C3)c(C=O)c2)s1. The van der Waals surface area contributed by atoms with Gasteiger partial charge in [-0.15, -0.1) is 10.2 Å². The van der Waals surface area contributed by atoms with Gasteiger partial charge in [-0.25, -0.2) is 4.39 Å². The van der Waals surface area contributed by atoms with Crippen molar-refractivity contribution in [3.8, 4) is 11.8 Å². The number of hydrogen-bond acceptors (Lipinski definition) is 6. The minimum absolute atomic E-state index is 0.0252. The third kappa shape index (κ3) is 4.03. The second-order valence-electron chi connectivity index (χ2n) is 6.05. The van der Waals surface area contributed by atoms with Gasteiger partial charge in [-0.1, -0.05) is 17.3 Å². The first-order valence-corrected chi connectivity index (χ1v) is 8.79. The van der Waals surface area contributed by atoms with Gasteiger partial charge in [0, 0.05) is 24.2 Å². The lowest BCUT2D eigenvalue weighted by atomic mass is 10.1. The number of aldehydes is 1. The molecule has 130 valence electrons. The summed E-state index contributed by atoms with van der Waals surface area (Å²) in [6, 6.07) is 2.96. The van der Waals surface area contributed by atoms with E-state index in [1.54, 1.807) is 6.07 Å². The lowest BCUT2D eigenvalue weighted by Crippen LogP contribution is -2.46. The van der Waals surface area contributed by atoms with Crippen LogP contribution in [-0.4, -0.2) is 41.8 Å². The molecule has 3 rings (SSSR count). The predicted octanol–water partition coefficient (Wildman–Crippen LogP) is 2.81. The van der Waals surface area contributed by atoms with Gasteiger partial charge in [0.1, 0.15) is 10.8 Å². The Balaban J connectivity index is 1.94. The molecule has 2 heterocycles. The maximum absolute atomic E-state index is 14.7. The summed E-state index contributed by atoms with van der Waals surface area (Å²) in [7, 11) is 0. The molecule has 5 nitrogen and oxygen atoms in total. The molecule has 0 radical (unpaired) electrons. The van der Waals surface area contributed by atoms with Gasteiger partial charge in [-0.05, 0) is 38.8 Å². The molecule has 1 aromatic heterocycles. The zero-order valence-corrected chi connectivity index (χ0v) is 15.1. The fraction of sp³-hybridized carbons (Fsp3) is 0.389. The Morgan fingerprint density at radius 3 is 2.60 bits per heavy atom. The van der Waals surface area contributed by atoms with Crippen LogP contribution in [0.2, 0.25) is 0 Å². The predicted molar refractivity (Wildman–Crippen MR) is 94.6 cm³/mol. The van der Waals surface area contributed by atoms with Gasteiger partial charge in [0.2, 0.25) is 0 Å². The number of aromatic nitrogens is 2. The lowest BCUT2D eigenvalue weighted by Gasteiger charge is -2.37. The van der Waals surface area contributed by atoms with E-state index in [0.29, 0.717) is 41.2 Å². The van der Waals surface area contributed by atoms with Crippen LogP contribution in [0.5, 0.6) is 0 Å². The van der Waals surface area contributed by atoms with Gasteiger partial charge in [0.15, 0.2) is 11.3 Å². The normalized spacial score (nSPS) is 20.1. The highest BCUT2D eigenvalue weighted by molar-refractivity contribution is 7.11. The van der Waals surface area contributed by atoms with Crippen molar-refractivity contribution in [1.29, 1.82) is 0 Å². The van der Waals surface area contributed by atoms with Crippen LogP contribution in [-0.2, 0) is 4.74 Å². The summed E-state index contributed by atoms with van der Waals surface area (Å²) in [5.41, 5.74) is 1.04. The zero-order chi connectivity index (χ0) is 18.0. The van der Waals surface area contributed by atoms with E-state index in [0.717, 1.165) is 5.01 Å². The first kappa shape index (κ1) is 17.5. The molecule has 0 saturated carbocycles. The van der Waals surface area contributed by atoms with E-state index in [1.165, 1.54) is 17.4 Å². The van der Waals surface area contributed by atoms with Crippen LogP contribution in [0.1, 0.15) is 39.8 Å². The molecule has 1 aliphatic rings. The number of ether oxygens (including phenoxy) is 1. The fourth-order valence-electron chi connectivity index (χ4n) is 2.95. The number of carbonyl (C=O) groups is 1. The van der Waals surface area contributed by atoms with Crippen molar-refractivity contribution in [2.75, 3.05) is 18.0 Å². The summed E-state index contributed by atoms with van der Waals surface area (Å²) in [4.78, 5) is 13.4. The van der Waals surface area contributed by atoms with Gasteiger partial charge in [-0.3, -0.25) is 4.79 Å². The van der Waals surface area contributed by atoms with E-state index >= 15 is 0 Å². The van der Waals surface area contributed by atoms with Gasteiger partial charge < -0.3 is 9.64 Å². The maximum atomic E-state index is 14.7. The molecule has 0 unspecified atom stereocenters. The minimum atomic E-state index is -0.455.